The average Bonchev–Trinajstić information content (AvgIpc) is 2.62. The Morgan fingerprint density at radius 2 is 2.10 bits per heavy atom. The molecular formula is C12H10ClN3O4. The van der Waals surface area contributed by atoms with Gasteiger partial charge in [-0.15, -0.1) is 0 Å². The molecule has 1 N–H and O–H groups in total. The van der Waals surface area contributed by atoms with Gasteiger partial charge in [-0.25, -0.2) is 0 Å². The van der Waals surface area contributed by atoms with E-state index in [2.05, 4.69) is 5.10 Å². The third kappa shape index (κ3) is 2.23. The van der Waals surface area contributed by atoms with Gasteiger partial charge < -0.3 is 0 Å². The lowest BCUT2D eigenvalue weighted by atomic mass is 10.0. The van der Waals surface area contributed by atoms with Crippen LogP contribution in [0, 0.1) is 17.0 Å². The van der Waals surface area contributed by atoms with Crippen molar-refractivity contribution in [2.75, 3.05) is 0 Å². The predicted octanol–water partition coefficient (Wildman–Crippen LogP) is 1.81. The van der Waals surface area contributed by atoms with Crippen LogP contribution in [0.25, 0.3) is 0 Å². The lowest BCUT2D eigenvalue weighted by Crippen LogP contribution is -2.20. The minimum atomic E-state index is -0.703. The van der Waals surface area contributed by atoms with Crippen molar-refractivity contribution in [2.24, 2.45) is 7.05 Å². The van der Waals surface area contributed by atoms with Crippen LogP contribution in [0.1, 0.15) is 21.6 Å². The summed E-state index contributed by atoms with van der Waals surface area (Å²) in [6, 6.07) is 3.70. The molecule has 0 amide bonds. The summed E-state index contributed by atoms with van der Waals surface area (Å²) in [7, 11) is 1.46. The van der Waals surface area contributed by atoms with Crippen molar-refractivity contribution in [3.63, 3.8) is 0 Å². The minimum Gasteiger partial charge on any atom is -0.299 e. The summed E-state index contributed by atoms with van der Waals surface area (Å²) in [4.78, 5) is 34.5. The summed E-state index contributed by atoms with van der Waals surface area (Å²) in [5.41, 5.74) is -0.884. The van der Waals surface area contributed by atoms with Crippen molar-refractivity contribution in [1.29, 1.82) is 0 Å². The van der Waals surface area contributed by atoms with E-state index in [-0.39, 0.29) is 16.1 Å². The molecule has 7 nitrogen and oxygen atoms in total. The normalized spacial score (nSPS) is 10.6. The van der Waals surface area contributed by atoms with E-state index in [4.69, 9.17) is 11.6 Å². The maximum atomic E-state index is 12.4. The number of halogens is 1. The van der Waals surface area contributed by atoms with Gasteiger partial charge in [-0.05, 0) is 19.1 Å². The van der Waals surface area contributed by atoms with Crippen LogP contribution >= 0.6 is 11.6 Å². The summed E-state index contributed by atoms with van der Waals surface area (Å²) in [5, 5.41) is 13.8. The Morgan fingerprint density at radius 1 is 1.45 bits per heavy atom. The molecule has 0 fully saturated rings. The van der Waals surface area contributed by atoms with Crippen LogP contribution in [0.2, 0.25) is 5.02 Å². The topological polar surface area (TPSA) is 98.0 Å². The van der Waals surface area contributed by atoms with Crippen LogP contribution in [0.3, 0.4) is 0 Å². The summed E-state index contributed by atoms with van der Waals surface area (Å²) >= 11 is 5.69. The number of rotatable bonds is 3. The quantitative estimate of drug-likeness (QED) is 0.530. The second-order valence-corrected chi connectivity index (χ2v) is 4.66. The van der Waals surface area contributed by atoms with Gasteiger partial charge in [0.1, 0.15) is 11.1 Å². The minimum absolute atomic E-state index is 0.113. The zero-order chi connectivity index (χ0) is 15.0. The summed E-state index contributed by atoms with van der Waals surface area (Å²) in [5.74, 6) is -0.701. The van der Waals surface area contributed by atoms with E-state index in [1.807, 2.05) is 0 Å². The van der Waals surface area contributed by atoms with Crippen LogP contribution in [0.5, 0.6) is 0 Å². The number of carbonyl (C=O) groups is 1. The SMILES string of the molecule is Cc1[nH]n(C)c(=O)c1C(=O)c1ccc(Cl)cc1[N+](=O)[O-]. The van der Waals surface area contributed by atoms with E-state index in [9.17, 15) is 19.7 Å². The van der Waals surface area contributed by atoms with Crippen LogP contribution in [-0.4, -0.2) is 20.5 Å². The second-order valence-electron chi connectivity index (χ2n) is 4.22. The van der Waals surface area contributed by atoms with E-state index in [0.717, 1.165) is 10.7 Å². The lowest BCUT2D eigenvalue weighted by Gasteiger charge is -2.01. The molecule has 0 saturated carbocycles. The molecular weight excluding hydrogens is 286 g/mol. The molecule has 0 spiro atoms. The molecule has 20 heavy (non-hydrogen) atoms. The first kappa shape index (κ1) is 14.0. The molecule has 2 aromatic rings. The summed E-state index contributed by atoms with van der Waals surface area (Å²) < 4.78 is 1.14. The number of nitrogens with one attached hydrogen (secondary N) is 1. The predicted molar refractivity (Wildman–Crippen MR) is 72.3 cm³/mol. The fraction of sp³-hybridized carbons (Fsp3) is 0.167. The number of ketones is 1. The molecule has 0 radical (unpaired) electrons. The lowest BCUT2D eigenvalue weighted by molar-refractivity contribution is -0.385. The third-order valence-electron chi connectivity index (χ3n) is 2.86. The van der Waals surface area contributed by atoms with Gasteiger partial charge >= 0.3 is 0 Å². The van der Waals surface area contributed by atoms with Gasteiger partial charge in [0.2, 0.25) is 5.78 Å². The largest absolute Gasteiger partial charge is 0.299 e. The number of hydrogen-bond acceptors (Lipinski definition) is 4. The second kappa shape index (κ2) is 4.93. The Kier molecular flexibility index (Phi) is 3.46. The van der Waals surface area contributed by atoms with Crippen LogP contribution in [-0.2, 0) is 7.05 Å². The molecule has 104 valence electrons. The number of aryl methyl sites for hydroxylation is 2. The fourth-order valence-electron chi connectivity index (χ4n) is 1.94. The Labute approximate surface area is 117 Å². The molecule has 8 heteroatoms. The molecule has 0 saturated heterocycles. The van der Waals surface area contributed by atoms with Gasteiger partial charge in [0.05, 0.1) is 4.92 Å². The number of H-pyrrole nitrogens is 1. The smallest absolute Gasteiger partial charge is 0.282 e. The zero-order valence-electron chi connectivity index (χ0n) is 10.6. The molecule has 0 atom stereocenters. The maximum absolute atomic E-state index is 12.4. The number of carbonyl (C=O) groups excluding carboxylic acids is 1. The highest BCUT2D eigenvalue weighted by Gasteiger charge is 2.26. The van der Waals surface area contributed by atoms with Crippen molar-refractivity contribution in [3.8, 4) is 0 Å². The van der Waals surface area contributed by atoms with Gasteiger partial charge in [0.15, 0.2) is 0 Å². The molecule has 0 aliphatic heterocycles. The fourth-order valence-corrected chi connectivity index (χ4v) is 2.10. The number of nitro groups is 1. The van der Waals surface area contributed by atoms with Crippen molar-refractivity contribution < 1.29 is 9.72 Å². The Balaban J connectivity index is 2.66. The summed E-state index contributed by atoms with van der Waals surface area (Å²) in [6.45, 7) is 1.55. The Hall–Kier alpha value is -2.41. The van der Waals surface area contributed by atoms with E-state index in [1.165, 1.54) is 19.2 Å². The summed E-state index contributed by atoms with van der Waals surface area (Å²) in [6.07, 6.45) is 0. The number of nitrogens with zero attached hydrogens (tertiary/aromatic N) is 2. The first-order chi connectivity index (χ1) is 9.32. The number of aromatic nitrogens is 2. The first-order valence-corrected chi connectivity index (χ1v) is 5.95. The van der Waals surface area contributed by atoms with Gasteiger partial charge in [-0.2, -0.15) is 0 Å². The zero-order valence-corrected chi connectivity index (χ0v) is 11.4. The van der Waals surface area contributed by atoms with Crippen LogP contribution < -0.4 is 5.56 Å². The number of nitro benzene ring substituents is 1. The molecule has 1 aromatic carbocycles. The highest BCUT2D eigenvalue weighted by Crippen LogP contribution is 2.25. The standard InChI is InChI=1S/C12H10ClN3O4/c1-6-10(12(18)15(2)14-6)11(17)8-4-3-7(13)5-9(8)16(19)20/h3-5,14H,1-2H3. The van der Waals surface area contributed by atoms with Gasteiger partial charge in [-0.3, -0.25) is 29.5 Å². The first-order valence-electron chi connectivity index (χ1n) is 5.57. The number of benzene rings is 1. The highest BCUT2D eigenvalue weighted by molar-refractivity contribution is 6.31. The van der Waals surface area contributed by atoms with Crippen molar-refractivity contribution in [1.82, 2.24) is 9.78 Å². The Bertz CT molecular complexity index is 775. The number of hydrogen-bond donors (Lipinski definition) is 1. The highest BCUT2D eigenvalue weighted by atomic mass is 35.5. The van der Waals surface area contributed by atoms with E-state index in [1.54, 1.807) is 6.92 Å². The molecule has 0 bridgehead atoms. The van der Waals surface area contributed by atoms with Gasteiger partial charge in [0.25, 0.3) is 11.2 Å². The molecule has 0 unspecified atom stereocenters. The average molecular weight is 296 g/mol. The van der Waals surface area contributed by atoms with E-state index >= 15 is 0 Å². The van der Waals surface area contributed by atoms with E-state index in [0.29, 0.717) is 5.69 Å². The van der Waals surface area contributed by atoms with Gasteiger partial charge in [0, 0.05) is 23.8 Å². The molecule has 0 aliphatic rings. The molecule has 0 aliphatic carbocycles. The monoisotopic (exact) mass is 295 g/mol. The van der Waals surface area contributed by atoms with Crippen molar-refractivity contribution in [3.05, 3.63) is 60.5 Å². The number of aromatic amines is 1. The molecule has 1 aromatic heterocycles. The Morgan fingerprint density at radius 3 is 2.60 bits per heavy atom. The maximum Gasteiger partial charge on any atom is 0.282 e. The van der Waals surface area contributed by atoms with Crippen molar-refractivity contribution >= 4 is 23.1 Å². The van der Waals surface area contributed by atoms with Crippen molar-refractivity contribution in [2.45, 2.75) is 6.92 Å². The molecule has 2 rings (SSSR count). The molecule has 1 heterocycles. The van der Waals surface area contributed by atoms with Crippen LogP contribution in [0.15, 0.2) is 23.0 Å². The van der Waals surface area contributed by atoms with Crippen LogP contribution in [0.4, 0.5) is 5.69 Å². The van der Waals surface area contributed by atoms with E-state index < -0.39 is 22.0 Å². The third-order valence-corrected chi connectivity index (χ3v) is 3.09. The van der Waals surface area contributed by atoms with Gasteiger partial charge in [-0.1, -0.05) is 11.6 Å².